The number of esters is 3. The molecule has 0 radical (unpaired) electrons. The van der Waals surface area contributed by atoms with Gasteiger partial charge in [-0.05, 0) is 141 Å². The minimum absolute atomic E-state index is 0.0342. The fourth-order valence-corrected chi connectivity index (χ4v) is 10.3. The molecule has 97 heavy (non-hydrogen) atoms. The summed E-state index contributed by atoms with van der Waals surface area (Å²) in [7, 11) is -9.83. The number of allylic oxidation sites excluding steroid dienone is 30. The third-order valence-corrected chi connectivity index (χ3v) is 16.0. The largest absolute Gasteiger partial charge is 0.472 e. The van der Waals surface area contributed by atoms with Crippen LogP contribution in [0.4, 0.5) is 0 Å². The zero-order valence-electron chi connectivity index (χ0n) is 59.4. The lowest BCUT2D eigenvalue weighted by molar-refractivity contribution is -0.161. The van der Waals surface area contributed by atoms with Crippen molar-refractivity contribution in [2.24, 2.45) is 0 Å². The third-order valence-electron chi connectivity index (χ3n) is 14.1. The summed E-state index contributed by atoms with van der Waals surface area (Å²) in [5.41, 5.74) is 0. The Morgan fingerprint density at radius 2 is 0.536 bits per heavy atom. The van der Waals surface area contributed by atoms with Crippen LogP contribution in [0.1, 0.15) is 239 Å². The van der Waals surface area contributed by atoms with Gasteiger partial charge in [0, 0.05) is 19.3 Å². The van der Waals surface area contributed by atoms with E-state index in [-0.39, 0.29) is 19.3 Å². The highest BCUT2D eigenvalue weighted by Crippen LogP contribution is 2.45. The van der Waals surface area contributed by atoms with Crippen LogP contribution in [0.3, 0.4) is 0 Å². The van der Waals surface area contributed by atoms with E-state index in [1.165, 1.54) is 19.3 Å². The Hall–Kier alpha value is -5.35. The molecular weight excluding hydrogens is 1270 g/mol. The maximum Gasteiger partial charge on any atom is 0.472 e. The first-order chi connectivity index (χ1) is 47.2. The van der Waals surface area contributed by atoms with E-state index < -0.39 is 91.5 Å². The summed E-state index contributed by atoms with van der Waals surface area (Å²) in [6.45, 7) is 2.17. The van der Waals surface area contributed by atoms with Crippen LogP contribution in [0.15, 0.2) is 182 Å². The number of ether oxygens (including phenoxy) is 3. The highest BCUT2D eigenvalue weighted by molar-refractivity contribution is 7.47. The van der Waals surface area contributed by atoms with Crippen molar-refractivity contribution in [1.29, 1.82) is 0 Å². The Bertz CT molecular complexity index is 2490. The van der Waals surface area contributed by atoms with Crippen LogP contribution in [0.5, 0.6) is 0 Å². The monoisotopic (exact) mass is 1390 g/mol. The lowest BCUT2D eigenvalue weighted by atomic mass is 10.1. The SMILES string of the molecule is CC/C=C\C/C=C\C/C=C\C/C=C\C/C=C\C/C=C\CCCCCCCCCCC(=O)OCC(O)COP(=O)(O)OCC(O)COP(=O)(O)OCC(COC(=O)CC/C=C\C/C=C\C/C=C\C/C=C\C/C=C\C/C=C\CC)OC(=O)CCCCCCC/C=C\C/C=C\C/C=C\CC. The van der Waals surface area contributed by atoms with Crippen molar-refractivity contribution in [3.05, 3.63) is 182 Å². The zero-order chi connectivity index (χ0) is 70.9. The average molecular weight is 1390 g/mol. The van der Waals surface area contributed by atoms with Crippen molar-refractivity contribution in [3.8, 4) is 0 Å². The zero-order valence-corrected chi connectivity index (χ0v) is 61.2. The Balaban J connectivity index is 4.67. The van der Waals surface area contributed by atoms with E-state index in [9.17, 15) is 43.5 Å². The van der Waals surface area contributed by atoms with E-state index in [0.717, 1.165) is 154 Å². The summed E-state index contributed by atoms with van der Waals surface area (Å²) in [5.74, 6) is -1.72. The van der Waals surface area contributed by atoms with E-state index in [2.05, 4.69) is 185 Å². The first kappa shape index (κ1) is 91.6. The van der Waals surface area contributed by atoms with Crippen LogP contribution in [0, 0.1) is 0 Å². The Kier molecular flexibility index (Phi) is 66.6. The average Bonchev–Trinajstić information content (AvgIpc) is 1.86. The van der Waals surface area contributed by atoms with Crippen LogP contribution < -0.4 is 0 Å². The van der Waals surface area contributed by atoms with E-state index >= 15 is 0 Å². The van der Waals surface area contributed by atoms with Crippen molar-refractivity contribution in [2.75, 3.05) is 39.6 Å². The maximum atomic E-state index is 12.9. The predicted molar refractivity (Wildman–Crippen MR) is 398 cm³/mol. The molecule has 0 heterocycles. The number of rotatable bonds is 66. The van der Waals surface area contributed by atoms with Gasteiger partial charge in [-0.2, -0.15) is 0 Å². The molecule has 5 atom stereocenters. The van der Waals surface area contributed by atoms with Crippen LogP contribution in [0.2, 0.25) is 0 Å². The van der Waals surface area contributed by atoms with Crippen molar-refractivity contribution < 1.29 is 75.8 Å². The van der Waals surface area contributed by atoms with Crippen LogP contribution in [-0.2, 0) is 55.8 Å². The molecule has 0 amide bonds. The lowest BCUT2D eigenvalue weighted by Gasteiger charge is -2.21. The first-order valence-corrected chi connectivity index (χ1v) is 39.1. The highest BCUT2D eigenvalue weighted by Gasteiger charge is 2.29. The molecule has 0 aliphatic heterocycles. The number of unbranched alkanes of at least 4 members (excludes halogenated alkanes) is 13. The molecule has 0 rings (SSSR count). The highest BCUT2D eigenvalue weighted by atomic mass is 31.2. The lowest BCUT2D eigenvalue weighted by Crippen LogP contribution is -2.30. The van der Waals surface area contributed by atoms with Crippen LogP contribution in [0.25, 0.3) is 0 Å². The molecule has 0 aromatic heterocycles. The smallest absolute Gasteiger partial charge is 0.463 e. The Morgan fingerprint density at radius 1 is 0.289 bits per heavy atom. The summed E-state index contributed by atoms with van der Waals surface area (Å²) >= 11 is 0. The van der Waals surface area contributed by atoms with Gasteiger partial charge in [0.15, 0.2) is 6.10 Å². The standard InChI is InChI=1S/C79H126O16P2/c1-4-7-10-13-16-19-22-25-28-30-32-33-34-35-36-37-38-39-41-43-45-47-50-53-56-59-62-65-77(82)89-68-74(80)69-91-96(85,86)92-70-75(81)71-93-97(87,88)94-73-76(95-79(84)67-64-61-58-55-52-49-44-27-24-21-18-15-12-9-6-3)72-90-78(83)66-63-60-57-54-51-48-46-42-40-31-29-26-23-20-17-14-11-8-5-2/h7-12,16-21,25-29,32-33,35-36,38-40,42,44,48,51,57,60,74-76,80-81H,4-6,13-15,22-24,30-31,34,37,41,43,45-47,49-50,52-56,58-59,61-73H2,1-3H3,(H,85,86)(H,87,88)/b10-7-,11-8-,12-9-,19-16-,20-17-,21-18-,28-25-,29-26-,33-32-,36-35-,39-38-,42-40-,44-27-,51-48-,60-57-. The molecule has 18 heteroatoms. The summed E-state index contributed by atoms with van der Waals surface area (Å²) in [4.78, 5) is 58.4. The molecule has 16 nitrogen and oxygen atoms in total. The molecule has 0 fully saturated rings. The maximum absolute atomic E-state index is 12.9. The fraction of sp³-hybridized carbons (Fsp3) is 0.582. The van der Waals surface area contributed by atoms with Gasteiger partial charge in [-0.25, -0.2) is 9.13 Å². The van der Waals surface area contributed by atoms with Crippen molar-refractivity contribution >= 4 is 33.6 Å². The van der Waals surface area contributed by atoms with E-state index in [4.69, 9.17) is 32.3 Å². The van der Waals surface area contributed by atoms with E-state index in [1.54, 1.807) is 0 Å². The molecule has 0 aliphatic rings. The van der Waals surface area contributed by atoms with Gasteiger partial charge in [-0.1, -0.05) is 261 Å². The summed E-state index contributed by atoms with van der Waals surface area (Å²) in [6.07, 6.45) is 89.6. The van der Waals surface area contributed by atoms with Crippen molar-refractivity contribution in [3.63, 3.8) is 0 Å². The number of hydrogen-bond donors (Lipinski definition) is 4. The van der Waals surface area contributed by atoms with Gasteiger partial charge < -0.3 is 34.2 Å². The van der Waals surface area contributed by atoms with Gasteiger partial charge in [-0.15, -0.1) is 0 Å². The number of hydrogen-bond acceptors (Lipinski definition) is 14. The van der Waals surface area contributed by atoms with Crippen LogP contribution in [-0.4, -0.2) is 95.9 Å². The Morgan fingerprint density at radius 3 is 0.876 bits per heavy atom. The molecular formula is C79H126O16P2. The molecule has 0 aromatic carbocycles. The topological polar surface area (TPSA) is 231 Å². The third kappa shape index (κ3) is 71.7. The second-order valence-corrected chi connectivity index (χ2v) is 26.1. The minimum atomic E-state index is -4.96. The molecule has 0 saturated heterocycles. The Labute approximate surface area is 585 Å². The quantitative estimate of drug-likeness (QED) is 0.0146. The summed E-state index contributed by atoms with van der Waals surface area (Å²) in [5, 5.41) is 20.6. The molecule has 5 unspecified atom stereocenters. The van der Waals surface area contributed by atoms with Gasteiger partial charge in [0.25, 0.3) is 0 Å². The van der Waals surface area contributed by atoms with Crippen molar-refractivity contribution in [1.82, 2.24) is 0 Å². The number of carbonyl (C=O) groups excluding carboxylic acids is 3. The van der Waals surface area contributed by atoms with Gasteiger partial charge in [0.2, 0.25) is 0 Å². The number of aliphatic hydroxyl groups excluding tert-OH is 2. The molecule has 0 spiro atoms. The molecule has 0 aromatic rings. The van der Waals surface area contributed by atoms with Gasteiger partial charge in [-0.3, -0.25) is 32.5 Å². The fourth-order valence-electron chi connectivity index (χ4n) is 8.73. The number of carbonyl (C=O) groups is 3. The second kappa shape index (κ2) is 70.5. The first-order valence-electron chi connectivity index (χ1n) is 36.1. The van der Waals surface area contributed by atoms with E-state index in [1.807, 2.05) is 18.2 Å². The molecule has 0 bridgehead atoms. The second-order valence-electron chi connectivity index (χ2n) is 23.2. The molecule has 0 saturated carbocycles. The minimum Gasteiger partial charge on any atom is -0.463 e. The molecule has 548 valence electrons. The van der Waals surface area contributed by atoms with Crippen molar-refractivity contribution in [2.45, 2.75) is 257 Å². The summed E-state index contributed by atoms with van der Waals surface area (Å²) < 4.78 is 60.9. The van der Waals surface area contributed by atoms with Crippen LogP contribution >= 0.6 is 15.6 Å². The predicted octanol–water partition coefficient (Wildman–Crippen LogP) is 20.6. The van der Waals surface area contributed by atoms with Gasteiger partial charge in [0.1, 0.15) is 25.4 Å². The normalized spacial score (nSPS) is 15.2. The van der Waals surface area contributed by atoms with E-state index in [0.29, 0.717) is 25.7 Å². The number of phosphoric ester groups is 2. The number of phosphoric acid groups is 2. The van der Waals surface area contributed by atoms with Gasteiger partial charge >= 0.3 is 33.6 Å². The number of aliphatic hydroxyl groups is 2. The summed E-state index contributed by atoms with van der Waals surface area (Å²) in [6, 6.07) is 0. The van der Waals surface area contributed by atoms with Gasteiger partial charge in [0.05, 0.1) is 26.4 Å². The molecule has 0 aliphatic carbocycles. The molecule has 4 N–H and O–H groups in total.